The van der Waals surface area contributed by atoms with Gasteiger partial charge in [-0.3, -0.25) is 0 Å². The van der Waals surface area contributed by atoms with Gasteiger partial charge in [0.15, 0.2) is 0 Å². The summed E-state index contributed by atoms with van der Waals surface area (Å²) in [6.07, 6.45) is 29.6. The summed E-state index contributed by atoms with van der Waals surface area (Å²) in [6.45, 7) is 19.2. The Morgan fingerprint density at radius 2 is 0.458 bits per heavy atom. The van der Waals surface area contributed by atoms with Crippen LogP contribution >= 0.6 is 0 Å². The van der Waals surface area contributed by atoms with E-state index in [1.807, 2.05) is 27.7 Å². The molecule has 0 radical (unpaired) electrons. The molecule has 290 valence electrons. The van der Waals surface area contributed by atoms with Gasteiger partial charge in [-0.1, -0.05) is 117 Å². The molecule has 0 aliphatic rings. The van der Waals surface area contributed by atoms with Crippen molar-refractivity contribution in [2.45, 2.75) is 220 Å². The van der Waals surface area contributed by atoms with Gasteiger partial charge in [-0.25, -0.2) is 0 Å². The fourth-order valence-corrected chi connectivity index (χ4v) is 8.46. The van der Waals surface area contributed by atoms with E-state index in [9.17, 15) is 20.4 Å². The van der Waals surface area contributed by atoms with E-state index in [1.54, 1.807) is 0 Å². The summed E-state index contributed by atoms with van der Waals surface area (Å²) in [5.74, 6) is 0. The number of nitrogens with zero attached hydrogens (tertiary/aromatic N) is 2. The fourth-order valence-electron chi connectivity index (χ4n) is 8.46. The molecule has 0 aromatic rings. The predicted octanol–water partition coefficient (Wildman–Crippen LogP) is 9.55. The van der Waals surface area contributed by atoms with Crippen LogP contribution < -0.4 is 0 Å². The van der Waals surface area contributed by atoms with Crippen LogP contribution in [0.3, 0.4) is 0 Å². The van der Waals surface area contributed by atoms with Crippen LogP contribution in [0.25, 0.3) is 0 Å². The first-order chi connectivity index (χ1) is 23.0. The molecule has 0 fully saturated rings. The molecule has 0 spiro atoms. The first-order valence-corrected chi connectivity index (χ1v) is 21.4. The zero-order chi connectivity index (χ0) is 35.9. The molecule has 0 aliphatic carbocycles. The molecule has 0 aromatic carbocycles. The highest BCUT2D eigenvalue weighted by Crippen LogP contribution is 2.21. The Labute approximate surface area is 301 Å². The lowest BCUT2D eigenvalue weighted by molar-refractivity contribution is -0.934. The SMILES string of the molecule is CCCCCCCCCCCC[N+](CCCCCC[N+](CCCCCCCCCCCC)(CC(C)O)CC(C)O)(CC(C)O)CC(C)O. The zero-order valence-corrected chi connectivity index (χ0v) is 33.6. The number of aliphatic hydroxyl groups excluding tert-OH is 4. The summed E-state index contributed by atoms with van der Waals surface area (Å²) < 4.78 is 1.66. The Kier molecular flexibility index (Phi) is 31.3. The highest BCUT2D eigenvalue weighted by atomic mass is 16.3. The second-order valence-electron chi connectivity index (χ2n) is 16.5. The monoisotopic (exact) mass is 687 g/mol. The van der Waals surface area contributed by atoms with Crippen molar-refractivity contribution >= 4 is 0 Å². The molecular formula is C42H90N2O4+2. The van der Waals surface area contributed by atoms with Gasteiger partial charge in [0.25, 0.3) is 0 Å². The van der Waals surface area contributed by atoms with E-state index in [4.69, 9.17) is 0 Å². The molecule has 4 N–H and O–H groups in total. The van der Waals surface area contributed by atoms with Crippen molar-refractivity contribution in [1.29, 1.82) is 0 Å². The minimum absolute atomic E-state index is 0.364. The molecule has 0 heterocycles. The van der Waals surface area contributed by atoms with Crippen molar-refractivity contribution in [3.05, 3.63) is 0 Å². The van der Waals surface area contributed by atoms with Gasteiger partial charge in [0, 0.05) is 0 Å². The van der Waals surface area contributed by atoms with Crippen LogP contribution in [0.5, 0.6) is 0 Å². The number of quaternary nitrogens is 2. The topological polar surface area (TPSA) is 80.9 Å². The molecule has 6 heteroatoms. The second kappa shape index (κ2) is 31.5. The summed E-state index contributed by atoms with van der Waals surface area (Å²) in [5.41, 5.74) is 0. The van der Waals surface area contributed by atoms with Crippen LogP contribution in [-0.2, 0) is 0 Å². The average molecular weight is 687 g/mol. The average Bonchev–Trinajstić information content (AvgIpc) is 2.99. The van der Waals surface area contributed by atoms with Gasteiger partial charge in [0.05, 0.1) is 26.2 Å². The van der Waals surface area contributed by atoms with Gasteiger partial charge in [0.1, 0.15) is 50.6 Å². The lowest BCUT2D eigenvalue weighted by Crippen LogP contribution is -2.56. The van der Waals surface area contributed by atoms with Crippen molar-refractivity contribution in [3.63, 3.8) is 0 Å². The van der Waals surface area contributed by atoms with Gasteiger partial charge < -0.3 is 29.4 Å². The van der Waals surface area contributed by atoms with Gasteiger partial charge in [0.2, 0.25) is 0 Å². The van der Waals surface area contributed by atoms with Crippen LogP contribution in [0, 0.1) is 0 Å². The number of hydrogen-bond acceptors (Lipinski definition) is 4. The Morgan fingerprint density at radius 3 is 0.625 bits per heavy atom. The van der Waals surface area contributed by atoms with Crippen molar-refractivity contribution in [3.8, 4) is 0 Å². The zero-order valence-electron chi connectivity index (χ0n) is 33.6. The normalized spacial score (nSPS) is 17.1. The number of aliphatic hydroxyl groups is 4. The third kappa shape index (κ3) is 28.5. The molecular weight excluding hydrogens is 596 g/mol. The maximum atomic E-state index is 10.5. The van der Waals surface area contributed by atoms with E-state index in [-0.39, 0.29) is 24.4 Å². The standard InChI is InChI=1S/C42H90N2O4/c1-7-9-11-13-15-17-19-21-23-27-31-43(35-39(3)45,36-40(4)46)33-29-25-26-30-34-44(37-41(5)47,38-42(6)48)32-28-24-22-20-18-16-14-12-10-8-2/h39-42,45-48H,7-38H2,1-6H3/q+2. The summed E-state index contributed by atoms with van der Waals surface area (Å²) in [7, 11) is 0. The third-order valence-corrected chi connectivity index (χ3v) is 10.6. The first kappa shape index (κ1) is 47.8. The molecule has 4 unspecified atom stereocenters. The fraction of sp³-hybridized carbons (Fsp3) is 1.00. The third-order valence-electron chi connectivity index (χ3n) is 10.6. The molecule has 0 aliphatic heterocycles. The summed E-state index contributed by atoms with van der Waals surface area (Å²) in [5, 5.41) is 41.9. The van der Waals surface area contributed by atoms with E-state index in [2.05, 4.69) is 13.8 Å². The van der Waals surface area contributed by atoms with E-state index in [0.29, 0.717) is 0 Å². The lowest BCUT2D eigenvalue weighted by Gasteiger charge is -2.41. The summed E-state index contributed by atoms with van der Waals surface area (Å²) in [4.78, 5) is 0. The van der Waals surface area contributed by atoms with E-state index >= 15 is 0 Å². The maximum Gasteiger partial charge on any atom is 0.105 e. The van der Waals surface area contributed by atoms with Gasteiger partial charge in [-0.2, -0.15) is 0 Å². The van der Waals surface area contributed by atoms with E-state index < -0.39 is 0 Å². The molecule has 48 heavy (non-hydrogen) atoms. The lowest BCUT2D eigenvalue weighted by atomic mass is 10.0. The summed E-state index contributed by atoms with van der Waals surface area (Å²) in [6, 6.07) is 0. The van der Waals surface area contributed by atoms with Crippen molar-refractivity contribution in [2.24, 2.45) is 0 Å². The molecule has 4 atom stereocenters. The van der Waals surface area contributed by atoms with Crippen LogP contribution in [-0.4, -0.2) is 106 Å². The minimum Gasteiger partial charge on any atom is -0.388 e. The Balaban J connectivity index is 4.86. The first-order valence-electron chi connectivity index (χ1n) is 21.4. The van der Waals surface area contributed by atoms with E-state index in [1.165, 1.54) is 128 Å². The van der Waals surface area contributed by atoms with E-state index in [0.717, 1.165) is 87.0 Å². The molecule has 0 rings (SSSR count). The molecule has 0 saturated carbocycles. The smallest absolute Gasteiger partial charge is 0.105 e. The number of hydrogen-bond donors (Lipinski definition) is 4. The minimum atomic E-state index is -0.364. The molecule has 6 nitrogen and oxygen atoms in total. The van der Waals surface area contributed by atoms with Gasteiger partial charge >= 0.3 is 0 Å². The van der Waals surface area contributed by atoms with Crippen molar-refractivity contribution in [2.75, 3.05) is 52.4 Å². The second-order valence-corrected chi connectivity index (χ2v) is 16.5. The molecule has 0 amide bonds. The van der Waals surface area contributed by atoms with Crippen molar-refractivity contribution in [1.82, 2.24) is 0 Å². The molecule has 0 bridgehead atoms. The van der Waals surface area contributed by atoms with Gasteiger partial charge in [-0.05, 0) is 79.1 Å². The van der Waals surface area contributed by atoms with Crippen LogP contribution in [0.4, 0.5) is 0 Å². The number of rotatable bonds is 37. The highest BCUT2D eigenvalue weighted by Gasteiger charge is 2.32. The van der Waals surface area contributed by atoms with Crippen molar-refractivity contribution < 1.29 is 29.4 Å². The summed E-state index contributed by atoms with van der Waals surface area (Å²) >= 11 is 0. The Morgan fingerprint density at radius 1 is 0.292 bits per heavy atom. The van der Waals surface area contributed by atoms with Crippen LogP contribution in [0.15, 0.2) is 0 Å². The Hall–Kier alpha value is -0.240. The largest absolute Gasteiger partial charge is 0.388 e. The quantitative estimate of drug-likeness (QED) is 0.0388. The maximum absolute atomic E-state index is 10.5. The number of unbranched alkanes of at least 4 members (excludes halogenated alkanes) is 21. The van der Waals surface area contributed by atoms with Gasteiger partial charge in [-0.15, -0.1) is 0 Å². The van der Waals surface area contributed by atoms with Crippen LogP contribution in [0.1, 0.15) is 196 Å². The predicted molar refractivity (Wildman–Crippen MR) is 208 cm³/mol. The Bertz CT molecular complexity index is 594. The molecule has 0 aromatic heterocycles. The highest BCUT2D eigenvalue weighted by molar-refractivity contribution is 4.60. The molecule has 0 saturated heterocycles. The van der Waals surface area contributed by atoms with Crippen LogP contribution in [0.2, 0.25) is 0 Å².